The number of halogens is 4. The molecule has 0 bridgehead atoms. The molecule has 150 valence electrons. The standard InChI is InChI=1S/C16H14ClF3N4O3S/c1-21-28(25,26)10-3-4-12(11(6-10)13-7-14(17)24-27-13)23-15-5-2-9(8-22-15)16(18,19)20/h2-6,8,13,21H,7H2,1H3,(H,22,23). The summed E-state index contributed by atoms with van der Waals surface area (Å²) in [5, 5.41) is 6.73. The molecule has 0 saturated heterocycles. The van der Waals surface area contributed by atoms with Crippen molar-refractivity contribution >= 4 is 38.3 Å². The summed E-state index contributed by atoms with van der Waals surface area (Å²) in [5.41, 5.74) is -0.0701. The van der Waals surface area contributed by atoms with E-state index in [2.05, 4.69) is 20.2 Å². The van der Waals surface area contributed by atoms with Gasteiger partial charge in [-0.05, 0) is 37.4 Å². The second kappa shape index (κ2) is 7.57. The van der Waals surface area contributed by atoms with Crippen LogP contribution in [0.1, 0.15) is 23.7 Å². The average Bonchev–Trinajstić information content (AvgIpc) is 3.08. The number of benzene rings is 1. The Labute approximate surface area is 163 Å². The van der Waals surface area contributed by atoms with Crippen LogP contribution >= 0.6 is 11.6 Å². The normalized spacial score (nSPS) is 17.2. The van der Waals surface area contributed by atoms with Crippen LogP contribution in [-0.4, -0.2) is 25.6 Å². The van der Waals surface area contributed by atoms with Crippen LogP contribution in [0.25, 0.3) is 0 Å². The second-order valence-corrected chi connectivity index (χ2v) is 8.10. The Morgan fingerprint density at radius 1 is 1.25 bits per heavy atom. The number of alkyl halides is 3. The summed E-state index contributed by atoms with van der Waals surface area (Å²) >= 11 is 5.84. The maximum absolute atomic E-state index is 12.7. The topological polar surface area (TPSA) is 92.7 Å². The van der Waals surface area contributed by atoms with E-state index in [1.165, 1.54) is 31.3 Å². The fraction of sp³-hybridized carbons (Fsp3) is 0.250. The van der Waals surface area contributed by atoms with E-state index in [9.17, 15) is 21.6 Å². The van der Waals surface area contributed by atoms with Gasteiger partial charge < -0.3 is 10.2 Å². The number of anilines is 2. The highest BCUT2D eigenvalue weighted by Crippen LogP contribution is 2.36. The van der Waals surface area contributed by atoms with Crippen molar-refractivity contribution in [3.8, 4) is 0 Å². The van der Waals surface area contributed by atoms with Crippen molar-refractivity contribution < 1.29 is 26.4 Å². The predicted molar refractivity (Wildman–Crippen MR) is 96.9 cm³/mol. The molecule has 3 rings (SSSR count). The highest BCUT2D eigenvalue weighted by atomic mass is 35.5. The Hall–Kier alpha value is -2.37. The lowest BCUT2D eigenvalue weighted by Crippen LogP contribution is -2.19. The third kappa shape index (κ3) is 4.37. The Morgan fingerprint density at radius 2 is 2.00 bits per heavy atom. The van der Waals surface area contributed by atoms with Crippen LogP contribution < -0.4 is 10.0 Å². The van der Waals surface area contributed by atoms with Crippen molar-refractivity contribution in [3.05, 3.63) is 47.7 Å². The van der Waals surface area contributed by atoms with Gasteiger partial charge in [0.15, 0.2) is 6.10 Å². The Balaban J connectivity index is 1.95. The molecule has 0 saturated carbocycles. The molecule has 2 heterocycles. The molecule has 0 fully saturated rings. The van der Waals surface area contributed by atoms with Gasteiger partial charge in [-0.3, -0.25) is 0 Å². The van der Waals surface area contributed by atoms with Crippen LogP contribution in [0, 0.1) is 0 Å². The van der Waals surface area contributed by atoms with Crippen LogP contribution in [0.3, 0.4) is 0 Å². The van der Waals surface area contributed by atoms with Crippen molar-refractivity contribution in [3.63, 3.8) is 0 Å². The molecule has 2 aromatic rings. The first-order valence-corrected chi connectivity index (χ1v) is 9.72. The van der Waals surface area contributed by atoms with Gasteiger partial charge in [-0.1, -0.05) is 16.8 Å². The number of hydrogen-bond donors (Lipinski definition) is 2. The van der Waals surface area contributed by atoms with Gasteiger partial charge in [-0.2, -0.15) is 13.2 Å². The van der Waals surface area contributed by atoms with Crippen molar-refractivity contribution in [1.82, 2.24) is 9.71 Å². The van der Waals surface area contributed by atoms with E-state index < -0.39 is 27.9 Å². The molecule has 1 aliphatic rings. The van der Waals surface area contributed by atoms with E-state index in [1.54, 1.807) is 0 Å². The molecule has 28 heavy (non-hydrogen) atoms. The van der Waals surface area contributed by atoms with Crippen molar-refractivity contribution in [2.24, 2.45) is 5.16 Å². The number of rotatable bonds is 5. The van der Waals surface area contributed by atoms with Gasteiger partial charge in [0.25, 0.3) is 0 Å². The molecule has 0 aliphatic carbocycles. The zero-order valence-electron chi connectivity index (χ0n) is 14.3. The first-order valence-electron chi connectivity index (χ1n) is 7.86. The van der Waals surface area contributed by atoms with Gasteiger partial charge in [0.05, 0.1) is 10.5 Å². The number of nitrogens with one attached hydrogen (secondary N) is 2. The van der Waals surface area contributed by atoms with Crippen LogP contribution in [0.5, 0.6) is 0 Å². The minimum atomic E-state index is -4.49. The smallest absolute Gasteiger partial charge is 0.386 e. The third-order valence-electron chi connectivity index (χ3n) is 3.94. The summed E-state index contributed by atoms with van der Waals surface area (Å²) in [6, 6.07) is 6.26. The summed E-state index contributed by atoms with van der Waals surface area (Å²) in [6.07, 6.45) is -4.23. The van der Waals surface area contributed by atoms with E-state index in [-0.39, 0.29) is 22.3 Å². The molecule has 12 heteroatoms. The minimum absolute atomic E-state index is 0.0115. The molecular weight excluding hydrogens is 421 g/mol. The number of sulfonamides is 1. The van der Waals surface area contributed by atoms with E-state index in [4.69, 9.17) is 16.4 Å². The number of aromatic nitrogens is 1. The number of pyridine rings is 1. The van der Waals surface area contributed by atoms with Crippen LogP contribution in [-0.2, 0) is 21.0 Å². The van der Waals surface area contributed by atoms with Crippen molar-refractivity contribution in [2.45, 2.75) is 23.6 Å². The lowest BCUT2D eigenvalue weighted by Gasteiger charge is -2.17. The van der Waals surface area contributed by atoms with E-state index >= 15 is 0 Å². The molecule has 2 N–H and O–H groups in total. The van der Waals surface area contributed by atoms with Gasteiger partial charge in [-0.15, -0.1) is 0 Å². The maximum Gasteiger partial charge on any atom is 0.417 e. The lowest BCUT2D eigenvalue weighted by molar-refractivity contribution is -0.137. The number of nitrogens with zero attached hydrogens (tertiary/aromatic N) is 2. The molecule has 1 aromatic carbocycles. The van der Waals surface area contributed by atoms with Gasteiger partial charge in [-0.25, -0.2) is 18.1 Å². The van der Waals surface area contributed by atoms with Crippen molar-refractivity contribution in [2.75, 3.05) is 12.4 Å². The third-order valence-corrected chi connectivity index (χ3v) is 5.57. The zero-order chi connectivity index (χ0) is 20.5. The SMILES string of the molecule is CNS(=O)(=O)c1ccc(Nc2ccc(C(F)(F)F)cn2)c(C2CC(Cl)=NO2)c1. The largest absolute Gasteiger partial charge is 0.417 e. The summed E-state index contributed by atoms with van der Waals surface area (Å²) in [5.74, 6) is 0.142. The molecule has 0 amide bonds. The van der Waals surface area contributed by atoms with Gasteiger partial charge in [0.1, 0.15) is 11.0 Å². The Kier molecular flexibility index (Phi) is 5.50. The van der Waals surface area contributed by atoms with Crippen LogP contribution in [0.2, 0.25) is 0 Å². The Bertz CT molecular complexity index is 1010. The number of hydrogen-bond acceptors (Lipinski definition) is 6. The molecule has 1 atom stereocenters. The minimum Gasteiger partial charge on any atom is -0.386 e. The summed E-state index contributed by atoms with van der Waals surface area (Å²) in [6.45, 7) is 0. The summed E-state index contributed by atoms with van der Waals surface area (Å²) in [7, 11) is -2.44. The first kappa shape index (κ1) is 20.4. The first-order chi connectivity index (χ1) is 13.1. The van der Waals surface area contributed by atoms with E-state index in [0.717, 1.165) is 6.07 Å². The molecule has 7 nitrogen and oxygen atoms in total. The van der Waals surface area contributed by atoms with Gasteiger partial charge in [0, 0.05) is 23.9 Å². The monoisotopic (exact) mass is 434 g/mol. The average molecular weight is 435 g/mol. The molecule has 0 spiro atoms. The van der Waals surface area contributed by atoms with E-state index in [1.807, 2.05) is 0 Å². The van der Waals surface area contributed by atoms with Gasteiger partial charge >= 0.3 is 6.18 Å². The lowest BCUT2D eigenvalue weighted by atomic mass is 10.0. The second-order valence-electron chi connectivity index (χ2n) is 5.78. The van der Waals surface area contributed by atoms with Crippen molar-refractivity contribution in [1.29, 1.82) is 0 Å². The zero-order valence-corrected chi connectivity index (χ0v) is 15.9. The molecule has 0 radical (unpaired) electrons. The maximum atomic E-state index is 12.7. The molecule has 1 unspecified atom stereocenters. The summed E-state index contributed by atoms with van der Waals surface area (Å²) in [4.78, 5) is 8.97. The van der Waals surface area contributed by atoms with Crippen LogP contribution in [0.4, 0.5) is 24.7 Å². The highest BCUT2D eigenvalue weighted by Gasteiger charge is 2.31. The molecule has 1 aromatic heterocycles. The summed E-state index contributed by atoms with van der Waals surface area (Å²) < 4.78 is 64.4. The fourth-order valence-corrected chi connectivity index (χ4v) is 3.44. The van der Waals surface area contributed by atoms with Gasteiger partial charge in [0.2, 0.25) is 10.0 Å². The van der Waals surface area contributed by atoms with Crippen LogP contribution in [0.15, 0.2) is 46.6 Å². The molecular formula is C16H14ClF3N4O3S. The quantitative estimate of drug-likeness (QED) is 0.747. The molecule has 1 aliphatic heterocycles. The highest BCUT2D eigenvalue weighted by molar-refractivity contribution is 7.89. The Morgan fingerprint density at radius 3 is 2.54 bits per heavy atom. The van der Waals surface area contributed by atoms with E-state index in [0.29, 0.717) is 17.4 Å². The predicted octanol–water partition coefficient (Wildman–Crippen LogP) is 3.77. The number of oxime groups is 1. The fourth-order valence-electron chi connectivity index (χ4n) is 2.49.